The van der Waals surface area contributed by atoms with Gasteiger partial charge in [-0.1, -0.05) is 0 Å². The Morgan fingerprint density at radius 3 is 1.66 bits per heavy atom. The second kappa shape index (κ2) is 16.0. The van der Waals surface area contributed by atoms with E-state index < -0.39 is 110 Å². The van der Waals surface area contributed by atoms with E-state index in [0.717, 1.165) is 0 Å². The molecular weight excluding hydrogens is 608 g/mol. The van der Waals surface area contributed by atoms with Gasteiger partial charge in [0.1, 0.15) is 37.1 Å². The predicted molar refractivity (Wildman–Crippen MR) is 131 cm³/mol. The average molecular weight is 636 g/mol. The first kappa shape index (κ1) is 35.9. The lowest BCUT2D eigenvalue weighted by molar-refractivity contribution is -0.383. The summed E-state index contributed by atoms with van der Waals surface area (Å²) in [5.41, 5.74) is 0. The van der Waals surface area contributed by atoms with Crippen molar-refractivity contribution in [2.45, 2.75) is 54.8 Å². The molecule has 0 aromatic carbocycles. The van der Waals surface area contributed by atoms with Crippen LogP contribution in [0, 0.1) is 0 Å². The summed E-state index contributed by atoms with van der Waals surface area (Å²) in [5.74, 6) is -11.8. The Bertz CT molecular complexity index is 1170. The van der Waals surface area contributed by atoms with Crippen LogP contribution >= 0.6 is 0 Å². The van der Waals surface area contributed by atoms with Crippen molar-refractivity contribution in [2.24, 2.45) is 0 Å². The zero-order valence-corrected chi connectivity index (χ0v) is 22.2. The fraction of sp³-hybridized carbons (Fsp3) is 0.500. The molecule has 20 nitrogen and oxygen atoms in total. The standard InChI is InChI=1S/C24H28O20/c25-7-10-18(36)19(37)20(38)23(40-10)44-24(9-39-15(33)4-1-12(27)28)22(42-17(35)6-3-14(31)32)21(11(8-26)43-24)41-16(34)5-2-13(29)30/h1-6,10-11,18-23,25-26,36-38H,7-9H2,(H,27,28)(H,29,30)(H,31,32)/b4-1-,5-2-,6-3-/t10-,11-,18-,19+,20-,21-,22+,23-,24+/m1/s1. The summed E-state index contributed by atoms with van der Waals surface area (Å²) in [7, 11) is 0. The van der Waals surface area contributed by atoms with Crippen molar-refractivity contribution in [2.75, 3.05) is 19.8 Å². The van der Waals surface area contributed by atoms with E-state index in [1.54, 1.807) is 0 Å². The van der Waals surface area contributed by atoms with E-state index in [9.17, 15) is 54.3 Å². The second-order valence-corrected chi connectivity index (χ2v) is 8.85. The molecule has 2 fully saturated rings. The fourth-order valence-corrected chi connectivity index (χ4v) is 3.85. The number of carbonyl (C=O) groups is 6. The minimum Gasteiger partial charge on any atom is -0.478 e. The molecule has 0 saturated carbocycles. The molecule has 0 bridgehead atoms. The van der Waals surface area contributed by atoms with Crippen LogP contribution in [0.15, 0.2) is 36.5 Å². The number of carbonyl (C=O) groups excluding carboxylic acids is 3. The highest BCUT2D eigenvalue weighted by molar-refractivity contribution is 5.92. The van der Waals surface area contributed by atoms with Crippen LogP contribution in [0.3, 0.4) is 0 Å². The normalized spacial score (nSPS) is 32.1. The number of ether oxygens (including phenoxy) is 6. The maximum absolute atomic E-state index is 12.5. The molecular formula is C24H28O20. The number of hydrogen-bond acceptors (Lipinski definition) is 17. The number of aliphatic hydroxyl groups excluding tert-OH is 5. The summed E-state index contributed by atoms with van der Waals surface area (Å²) in [6, 6.07) is 0. The summed E-state index contributed by atoms with van der Waals surface area (Å²) < 4.78 is 31.7. The highest BCUT2D eigenvalue weighted by atomic mass is 16.8. The number of rotatable bonds is 14. The highest BCUT2D eigenvalue weighted by Gasteiger charge is 2.63. The molecule has 0 spiro atoms. The van der Waals surface area contributed by atoms with Crippen molar-refractivity contribution < 1.29 is 98.0 Å². The van der Waals surface area contributed by atoms with Gasteiger partial charge in [-0.25, -0.2) is 28.8 Å². The van der Waals surface area contributed by atoms with E-state index in [-0.39, 0.29) is 0 Å². The number of esters is 3. The van der Waals surface area contributed by atoms with E-state index in [1.807, 2.05) is 0 Å². The Kier molecular flexibility index (Phi) is 13.0. The first-order chi connectivity index (χ1) is 20.6. The average Bonchev–Trinajstić information content (AvgIpc) is 3.24. The van der Waals surface area contributed by atoms with Gasteiger partial charge in [0.25, 0.3) is 0 Å². The topological polar surface area (TPSA) is 320 Å². The molecule has 2 heterocycles. The van der Waals surface area contributed by atoms with Gasteiger partial charge in [0.15, 0.2) is 18.5 Å². The summed E-state index contributed by atoms with van der Waals surface area (Å²) >= 11 is 0. The minimum absolute atomic E-state index is 0.329. The van der Waals surface area contributed by atoms with Crippen LogP contribution in [-0.2, 0) is 57.2 Å². The largest absolute Gasteiger partial charge is 0.478 e. The van der Waals surface area contributed by atoms with Crippen LogP contribution in [0.25, 0.3) is 0 Å². The van der Waals surface area contributed by atoms with Crippen molar-refractivity contribution in [3.8, 4) is 0 Å². The van der Waals surface area contributed by atoms with E-state index in [4.69, 9.17) is 43.7 Å². The van der Waals surface area contributed by atoms with Gasteiger partial charge in [-0.2, -0.15) is 0 Å². The van der Waals surface area contributed by atoms with E-state index in [0.29, 0.717) is 36.5 Å². The highest BCUT2D eigenvalue weighted by Crippen LogP contribution is 2.40. The van der Waals surface area contributed by atoms with Crippen LogP contribution in [0.2, 0.25) is 0 Å². The molecule has 20 heteroatoms. The SMILES string of the molecule is O=C(O)/C=C\C(=O)OC[C@@]1(O[C@H]2O[C@H](CO)[C@@H](O)[C@H](O)[C@H]2O)O[C@H](CO)[C@@H](OC(=O)/C=C\C(=O)O)[C@@H]1OC(=O)/C=C\C(=O)O. The van der Waals surface area contributed by atoms with Crippen molar-refractivity contribution in [1.29, 1.82) is 0 Å². The predicted octanol–water partition coefficient (Wildman–Crippen LogP) is -4.82. The van der Waals surface area contributed by atoms with Crippen molar-refractivity contribution >= 4 is 35.8 Å². The monoisotopic (exact) mass is 636 g/mol. The molecule has 0 aromatic heterocycles. The van der Waals surface area contributed by atoms with Gasteiger partial charge < -0.3 is 69.3 Å². The van der Waals surface area contributed by atoms with Crippen molar-refractivity contribution in [3.63, 3.8) is 0 Å². The molecule has 0 unspecified atom stereocenters. The molecule has 2 saturated heterocycles. The third-order valence-electron chi connectivity index (χ3n) is 5.79. The van der Waals surface area contributed by atoms with Crippen molar-refractivity contribution in [1.82, 2.24) is 0 Å². The van der Waals surface area contributed by atoms with Crippen LogP contribution in [0.1, 0.15) is 0 Å². The van der Waals surface area contributed by atoms with Crippen LogP contribution in [-0.4, -0.2) is 151 Å². The van der Waals surface area contributed by atoms with Gasteiger partial charge in [-0.3, -0.25) is 0 Å². The lowest BCUT2D eigenvalue weighted by atomic mass is 9.99. The van der Waals surface area contributed by atoms with Gasteiger partial charge in [0.05, 0.1) is 13.2 Å². The van der Waals surface area contributed by atoms with Crippen LogP contribution in [0.4, 0.5) is 0 Å². The maximum Gasteiger partial charge on any atom is 0.331 e. The zero-order valence-electron chi connectivity index (χ0n) is 22.2. The molecule has 244 valence electrons. The molecule has 2 aliphatic rings. The summed E-state index contributed by atoms with van der Waals surface area (Å²) in [6.07, 6.45) is -13.5. The molecule has 9 atom stereocenters. The first-order valence-corrected chi connectivity index (χ1v) is 12.2. The number of carboxylic acids is 3. The quantitative estimate of drug-likeness (QED) is 0.0503. The van der Waals surface area contributed by atoms with Gasteiger partial charge in [0, 0.05) is 36.5 Å². The smallest absolute Gasteiger partial charge is 0.331 e. The van der Waals surface area contributed by atoms with E-state index in [2.05, 4.69) is 0 Å². The third kappa shape index (κ3) is 9.62. The third-order valence-corrected chi connectivity index (χ3v) is 5.79. The first-order valence-electron chi connectivity index (χ1n) is 12.2. The summed E-state index contributed by atoms with van der Waals surface area (Å²) in [5, 5.41) is 76.7. The number of hydrogen-bond donors (Lipinski definition) is 8. The summed E-state index contributed by atoms with van der Waals surface area (Å²) in [4.78, 5) is 69.6. The molecule has 0 aliphatic carbocycles. The van der Waals surface area contributed by atoms with Gasteiger partial charge >= 0.3 is 35.8 Å². The van der Waals surface area contributed by atoms with E-state index >= 15 is 0 Å². The zero-order chi connectivity index (χ0) is 33.2. The number of aliphatic hydroxyl groups is 5. The molecule has 2 aliphatic heterocycles. The Labute approximate surface area is 245 Å². The van der Waals surface area contributed by atoms with Gasteiger partial charge in [-0.05, 0) is 0 Å². The second-order valence-electron chi connectivity index (χ2n) is 8.85. The summed E-state index contributed by atoms with van der Waals surface area (Å²) in [6.45, 7) is -3.27. The number of aliphatic carboxylic acids is 3. The maximum atomic E-state index is 12.5. The molecule has 2 rings (SSSR count). The lowest BCUT2D eigenvalue weighted by Crippen LogP contribution is -2.63. The van der Waals surface area contributed by atoms with E-state index in [1.165, 1.54) is 0 Å². The van der Waals surface area contributed by atoms with Gasteiger partial charge in [0.2, 0.25) is 5.79 Å². The lowest BCUT2D eigenvalue weighted by Gasteiger charge is -2.43. The molecule has 8 N–H and O–H groups in total. The molecule has 0 radical (unpaired) electrons. The molecule has 0 aromatic rings. The molecule has 0 amide bonds. The Hall–Kier alpha value is -4.28. The van der Waals surface area contributed by atoms with Crippen LogP contribution in [0.5, 0.6) is 0 Å². The molecule has 44 heavy (non-hydrogen) atoms. The Morgan fingerprint density at radius 2 is 1.16 bits per heavy atom. The Morgan fingerprint density at radius 1 is 0.659 bits per heavy atom. The van der Waals surface area contributed by atoms with Gasteiger partial charge in [-0.15, -0.1) is 0 Å². The van der Waals surface area contributed by atoms with Crippen molar-refractivity contribution in [3.05, 3.63) is 36.5 Å². The minimum atomic E-state index is -2.82. The fourth-order valence-electron chi connectivity index (χ4n) is 3.85. The Balaban J connectivity index is 2.63. The van der Waals surface area contributed by atoms with Crippen LogP contribution < -0.4 is 0 Å². The number of carboxylic acid groups (broad SMARTS) is 3.